The van der Waals surface area contributed by atoms with Crippen LogP contribution in [0.4, 0.5) is 17.5 Å². The topological polar surface area (TPSA) is 108 Å². The molecule has 0 spiro atoms. The van der Waals surface area contributed by atoms with E-state index in [9.17, 15) is 0 Å². The van der Waals surface area contributed by atoms with Gasteiger partial charge < -0.3 is 21.4 Å². The molecule has 0 aliphatic carbocycles. The van der Waals surface area contributed by atoms with Gasteiger partial charge in [-0.3, -0.25) is 0 Å². The highest BCUT2D eigenvalue weighted by Crippen LogP contribution is 2.20. The lowest BCUT2D eigenvalue weighted by molar-refractivity contribution is 0.929. The summed E-state index contributed by atoms with van der Waals surface area (Å²) in [6, 6.07) is 7.76. The Bertz CT molecular complexity index is 764. The van der Waals surface area contributed by atoms with Crippen LogP contribution in [-0.4, -0.2) is 19.5 Å². The van der Waals surface area contributed by atoms with E-state index < -0.39 is 0 Å². The van der Waals surface area contributed by atoms with Crippen molar-refractivity contribution in [3.63, 3.8) is 0 Å². The maximum absolute atomic E-state index is 5.89. The number of aromatic nitrogens is 4. The summed E-state index contributed by atoms with van der Waals surface area (Å²) in [5.74, 6) is 0.792. The summed E-state index contributed by atoms with van der Waals surface area (Å²) in [6.45, 7) is 4.49. The molecule has 0 atom stereocenters. The number of rotatable bonds is 3. The van der Waals surface area contributed by atoms with Crippen LogP contribution in [-0.2, 0) is 13.6 Å². The maximum Gasteiger partial charge on any atom is 0.231 e. The third kappa shape index (κ3) is 3.15. The Kier molecular flexibility index (Phi) is 4.90. The zero-order chi connectivity index (χ0) is 16.1. The lowest BCUT2D eigenvalue weighted by atomic mass is 10.2. The van der Waals surface area contributed by atoms with E-state index in [4.69, 9.17) is 11.5 Å². The van der Waals surface area contributed by atoms with Crippen LogP contribution in [0.15, 0.2) is 30.6 Å². The number of anilines is 3. The summed E-state index contributed by atoms with van der Waals surface area (Å²) < 4.78 is 1.80. The number of nitrogens with one attached hydrogen (secondary N) is 1. The fourth-order valence-corrected chi connectivity index (χ4v) is 1.99. The molecule has 0 aliphatic rings. The third-order valence-corrected chi connectivity index (χ3v) is 3.01. The van der Waals surface area contributed by atoms with Gasteiger partial charge in [0, 0.05) is 19.3 Å². The Hall–Kier alpha value is -2.67. The zero-order valence-corrected chi connectivity index (χ0v) is 13.0. The van der Waals surface area contributed by atoms with Crippen molar-refractivity contribution in [1.82, 2.24) is 19.5 Å². The molecule has 0 radical (unpaired) electrons. The standard InChI is InChI=1S/C13H15N7.C2H6/c1-20-7-16-10-11(15)18-13(19-12(10)20)17-9-4-2-3-8(5-9)6-14;1-2/h2-5,7H,6,14H2,1H3,(H3,15,17,18,19);1-2H3. The number of nitrogens with zero attached hydrogens (tertiary/aromatic N) is 4. The monoisotopic (exact) mass is 299 g/mol. The highest BCUT2D eigenvalue weighted by atomic mass is 15.2. The molecule has 7 nitrogen and oxygen atoms in total. The van der Waals surface area contributed by atoms with Crippen molar-refractivity contribution in [1.29, 1.82) is 0 Å². The van der Waals surface area contributed by atoms with Crippen molar-refractivity contribution >= 4 is 28.6 Å². The quantitative estimate of drug-likeness (QED) is 0.684. The SMILES string of the molecule is CC.Cn1cnc2c(N)nc(Nc3cccc(CN)c3)nc21. The number of benzene rings is 1. The van der Waals surface area contributed by atoms with E-state index in [2.05, 4.69) is 20.3 Å². The Balaban J connectivity index is 0.000000847. The summed E-state index contributed by atoms with van der Waals surface area (Å²) in [5.41, 5.74) is 14.7. The van der Waals surface area contributed by atoms with E-state index in [0.717, 1.165) is 11.3 Å². The first kappa shape index (κ1) is 15.7. The molecular formula is C15H21N7. The van der Waals surface area contributed by atoms with E-state index in [0.29, 0.717) is 29.5 Å². The molecule has 0 unspecified atom stereocenters. The van der Waals surface area contributed by atoms with Crippen molar-refractivity contribution in [3.05, 3.63) is 36.2 Å². The van der Waals surface area contributed by atoms with Crippen LogP contribution in [0.25, 0.3) is 11.2 Å². The van der Waals surface area contributed by atoms with Gasteiger partial charge in [0.15, 0.2) is 11.5 Å². The van der Waals surface area contributed by atoms with E-state index in [-0.39, 0.29) is 0 Å². The van der Waals surface area contributed by atoms with Crippen molar-refractivity contribution in [2.45, 2.75) is 20.4 Å². The van der Waals surface area contributed by atoms with E-state index in [1.54, 1.807) is 10.9 Å². The summed E-state index contributed by atoms with van der Waals surface area (Å²) >= 11 is 0. The van der Waals surface area contributed by atoms with Gasteiger partial charge in [-0.05, 0) is 17.7 Å². The molecule has 0 saturated carbocycles. The molecule has 0 bridgehead atoms. The number of hydrogen-bond acceptors (Lipinski definition) is 6. The highest BCUT2D eigenvalue weighted by Gasteiger charge is 2.09. The molecule has 5 N–H and O–H groups in total. The minimum absolute atomic E-state index is 0.355. The smallest absolute Gasteiger partial charge is 0.231 e. The Labute approximate surface area is 129 Å². The van der Waals surface area contributed by atoms with E-state index in [1.807, 2.05) is 45.2 Å². The molecular weight excluding hydrogens is 278 g/mol. The molecule has 2 heterocycles. The van der Waals surface area contributed by atoms with Crippen LogP contribution in [0.1, 0.15) is 19.4 Å². The molecule has 2 aromatic heterocycles. The first-order valence-electron chi connectivity index (χ1n) is 7.18. The van der Waals surface area contributed by atoms with Crippen molar-refractivity contribution < 1.29 is 0 Å². The van der Waals surface area contributed by atoms with Crippen LogP contribution >= 0.6 is 0 Å². The Morgan fingerprint density at radius 2 is 2.00 bits per heavy atom. The van der Waals surface area contributed by atoms with Gasteiger partial charge in [0.1, 0.15) is 5.52 Å². The minimum atomic E-state index is 0.355. The average Bonchev–Trinajstić information content (AvgIpc) is 2.91. The Morgan fingerprint density at radius 1 is 1.23 bits per heavy atom. The van der Waals surface area contributed by atoms with Crippen molar-refractivity contribution in [3.8, 4) is 0 Å². The van der Waals surface area contributed by atoms with Gasteiger partial charge >= 0.3 is 0 Å². The number of fused-ring (bicyclic) bond motifs is 1. The van der Waals surface area contributed by atoms with Gasteiger partial charge in [0.2, 0.25) is 5.95 Å². The summed E-state index contributed by atoms with van der Waals surface area (Å²) in [4.78, 5) is 12.8. The second-order valence-corrected chi connectivity index (χ2v) is 4.49. The normalized spacial score (nSPS) is 10.2. The number of nitrogen functional groups attached to an aromatic ring is 1. The lowest BCUT2D eigenvalue weighted by Crippen LogP contribution is -2.03. The molecule has 0 amide bonds. The lowest BCUT2D eigenvalue weighted by Gasteiger charge is -2.07. The summed E-state index contributed by atoms with van der Waals surface area (Å²) in [5, 5.41) is 3.13. The molecule has 0 fully saturated rings. The predicted octanol–water partition coefficient (Wildman–Crippen LogP) is 2.17. The van der Waals surface area contributed by atoms with Crippen LogP contribution in [0.5, 0.6) is 0 Å². The second-order valence-electron chi connectivity index (χ2n) is 4.49. The fraction of sp³-hybridized carbons (Fsp3) is 0.267. The minimum Gasteiger partial charge on any atom is -0.382 e. The van der Waals surface area contributed by atoms with Gasteiger partial charge in [0.05, 0.1) is 6.33 Å². The van der Waals surface area contributed by atoms with Gasteiger partial charge in [-0.15, -0.1) is 0 Å². The summed E-state index contributed by atoms with van der Waals surface area (Å²) in [6.07, 6.45) is 1.66. The maximum atomic E-state index is 5.89. The van der Waals surface area contributed by atoms with Crippen molar-refractivity contribution in [2.24, 2.45) is 12.8 Å². The molecule has 3 aromatic rings. The average molecular weight is 299 g/mol. The van der Waals surface area contributed by atoms with Crippen LogP contribution < -0.4 is 16.8 Å². The van der Waals surface area contributed by atoms with Gasteiger partial charge in [-0.25, -0.2) is 4.98 Å². The van der Waals surface area contributed by atoms with Crippen LogP contribution in [0.3, 0.4) is 0 Å². The molecule has 0 saturated heterocycles. The largest absolute Gasteiger partial charge is 0.382 e. The van der Waals surface area contributed by atoms with E-state index >= 15 is 0 Å². The van der Waals surface area contributed by atoms with Crippen LogP contribution in [0, 0.1) is 0 Å². The molecule has 3 rings (SSSR count). The first-order valence-corrected chi connectivity index (χ1v) is 7.18. The zero-order valence-electron chi connectivity index (χ0n) is 13.0. The molecule has 7 heteroatoms. The first-order chi connectivity index (χ1) is 10.7. The number of hydrogen-bond donors (Lipinski definition) is 3. The molecule has 0 aliphatic heterocycles. The number of imidazole rings is 1. The van der Waals surface area contributed by atoms with Crippen LogP contribution in [0.2, 0.25) is 0 Å². The van der Waals surface area contributed by atoms with Gasteiger partial charge in [-0.2, -0.15) is 9.97 Å². The van der Waals surface area contributed by atoms with Gasteiger partial charge in [0.25, 0.3) is 0 Å². The molecule has 116 valence electrons. The Morgan fingerprint density at radius 3 is 2.73 bits per heavy atom. The predicted molar refractivity (Wildman–Crippen MR) is 89.7 cm³/mol. The second kappa shape index (κ2) is 6.86. The fourth-order valence-electron chi connectivity index (χ4n) is 1.99. The van der Waals surface area contributed by atoms with E-state index in [1.165, 1.54) is 0 Å². The number of nitrogens with two attached hydrogens (primary N) is 2. The molecule has 22 heavy (non-hydrogen) atoms. The third-order valence-electron chi connectivity index (χ3n) is 3.01. The van der Waals surface area contributed by atoms with Gasteiger partial charge in [-0.1, -0.05) is 26.0 Å². The highest BCUT2D eigenvalue weighted by molar-refractivity contribution is 5.83. The number of aryl methyl sites for hydroxylation is 1. The van der Waals surface area contributed by atoms with Crippen molar-refractivity contribution in [2.75, 3.05) is 11.1 Å². The molecule has 1 aromatic carbocycles. The summed E-state index contributed by atoms with van der Waals surface area (Å²) in [7, 11) is 1.86.